The highest BCUT2D eigenvalue weighted by molar-refractivity contribution is 5.85. The van der Waals surface area contributed by atoms with Crippen molar-refractivity contribution in [2.75, 3.05) is 19.6 Å². The summed E-state index contributed by atoms with van der Waals surface area (Å²) in [5.74, 6) is 0.331. The van der Waals surface area contributed by atoms with E-state index in [0.717, 1.165) is 45.4 Å². The molecule has 0 atom stereocenters. The first-order valence-corrected chi connectivity index (χ1v) is 8.13. The summed E-state index contributed by atoms with van der Waals surface area (Å²) in [4.78, 5) is 13.9. The Labute approximate surface area is 140 Å². The SMILES string of the molecule is Cc1cc(C)c(CNCCN2CCCCCC2=O)c(C)c1.Cl. The van der Waals surface area contributed by atoms with E-state index in [2.05, 4.69) is 38.2 Å². The van der Waals surface area contributed by atoms with Crippen molar-refractivity contribution in [1.82, 2.24) is 10.2 Å². The molecule has 1 heterocycles. The lowest BCUT2D eigenvalue weighted by atomic mass is 10.00. The second-order valence-electron chi connectivity index (χ2n) is 6.25. The summed E-state index contributed by atoms with van der Waals surface area (Å²) in [6.07, 6.45) is 4.14. The van der Waals surface area contributed by atoms with E-state index in [0.29, 0.717) is 5.91 Å². The van der Waals surface area contributed by atoms with Gasteiger partial charge in [-0.25, -0.2) is 0 Å². The number of nitrogens with zero attached hydrogens (tertiary/aromatic N) is 1. The zero-order valence-electron chi connectivity index (χ0n) is 14.1. The van der Waals surface area contributed by atoms with Crippen molar-refractivity contribution in [3.05, 3.63) is 34.4 Å². The molecule has 22 heavy (non-hydrogen) atoms. The summed E-state index contributed by atoms with van der Waals surface area (Å²) in [7, 11) is 0. The van der Waals surface area contributed by atoms with Crippen LogP contribution >= 0.6 is 12.4 Å². The lowest BCUT2D eigenvalue weighted by molar-refractivity contribution is -0.130. The zero-order valence-corrected chi connectivity index (χ0v) is 14.9. The second kappa shape index (κ2) is 9.16. The Morgan fingerprint density at radius 2 is 1.77 bits per heavy atom. The molecule has 0 bridgehead atoms. The highest BCUT2D eigenvalue weighted by atomic mass is 35.5. The van der Waals surface area contributed by atoms with Crippen molar-refractivity contribution in [2.45, 2.75) is 53.0 Å². The van der Waals surface area contributed by atoms with Crippen LogP contribution in [-0.2, 0) is 11.3 Å². The first kappa shape index (κ1) is 19.0. The maximum absolute atomic E-state index is 11.9. The smallest absolute Gasteiger partial charge is 0.222 e. The number of halogens is 1. The molecular formula is C18H29ClN2O. The van der Waals surface area contributed by atoms with Crippen LogP contribution in [0.1, 0.15) is 47.9 Å². The van der Waals surface area contributed by atoms with Crippen LogP contribution in [0.5, 0.6) is 0 Å². The maximum Gasteiger partial charge on any atom is 0.222 e. The molecule has 1 aliphatic rings. The van der Waals surface area contributed by atoms with Crippen molar-refractivity contribution < 1.29 is 4.79 Å². The quantitative estimate of drug-likeness (QED) is 0.840. The van der Waals surface area contributed by atoms with Gasteiger partial charge in [-0.2, -0.15) is 0 Å². The summed E-state index contributed by atoms with van der Waals surface area (Å²) in [6, 6.07) is 4.48. The number of likely N-dealkylation sites (tertiary alicyclic amines) is 1. The molecule has 4 heteroatoms. The number of nitrogens with one attached hydrogen (secondary N) is 1. The molecule has 124 valence electrons. The van der Waals surface area contributed by atoms with E-state index in [1.807, 2.05) is 4.90 Å². The van der Waals surface area contributed by atoms with Gasteiger partial charge in [0.1, 0.15) is 0 Å². The second-order valence-corrected chi connectivity index (χ2v) is 6.25. The fraction of sp³-hybridized carbons (Fsp3) is 0.611. The van der Waals surface area contributed by atoms with Crippen LogP contribution in [0.4, 0.5) is 0 Å². The Bertz CT molecular complexity index is 479. The fourth-order valence-electron chi connectivity index (χ4n) is 3.19. The number of hydrogen-bond donors (Lipinski definition) is 1. The lowest BCUT2D eigenvalue weighted by Crippen LogP contribution is -2.36. The Morgan fingerprint density at radius 1 is 1.09 bits per heavy atom. The number of carbonyl (C=O) groups excluding carboxylic acids is 1. The topological polar surface area (TPSA) is 32.3 Å². The van der Waals surface area contributed by atoms with Crippen molar-refractivity contribution >= 4 is 18.3 Å². The lowest BCUT2D eigenvalue weighted by Gasteiger charge is -2.21. The Balaban J connectivity index is 0.00000242. The number of benzene rings is 1. The summed E-state index contributed by atoms with van der Waals surface area (Å²) in [6.45, 7) is 10.0. The van der Waals surface area contributed by atoms with Crippen LogP contribution in [0.25, 0.3) is 0 Å². The third-order valence-electron chi connectivity index (χ3n) is 4.37. The predicted octanol–water partition coefficient (Wildman–Crippen LogP) is 3.53. The fourth-order valence-corrected chi connectivity index (χ4v) is 3.19. The predicted molar refractivity (Wildman–Crippen MR) is 94.7 cm³/mol. The van der Waals surface area contributed by atoms with Crippen LogP contribution in [0.15, 0.2) is 12.1 Å². The third kappa shape index (κ3) is 5.29. The molecule has 1 fully saturated rings. The molecular weight excluding hydrogens is 296 g/mol. The van der Waals surface area contributed by atoms with Crippen LogP contribution in [0, 0.1) is 20.8 Å². The van der Waals surface area contributed by atoms with Crippen LogP contribution in [0.2, 0.25) is 0 Å². The minimum absolute atomic E-state index is 0. The molecule has 0 aliphatic carbocycles. The van der Waals surface area contributed by atoms with Gasteiger partial charge in [-0.15, -0.1) is 12.4 Å². The molecule has 0 unspecified atom stereocenters. The molecule has 1 amide bonds. The van der Waals surface area contributed by atoms with E-state index >= 15 is 0 Å². The molecule has 0 radical (unpaired) electrons. The summed E-state index contributed by atoms with van der Waals surface area (Å²) in [5, 5.41) is 3.50. The van der Waals surface area contributed by atoms with Crippen LogP contribution in [-0.4, -0.2) is 30.4 Å². The molecule has 0 spiro atoms. The van der Waals surface area contributed by atoms with Gasteiger partial charge in [0.2, 0.25) is 5.91 Å². The first-order chi connectivity index (χ1) is 10.1. The van der Waals surface area contributed by atoms with E-state index in [-0.39, 0.29) is 12.4 Å². The van der Waals surface area contributed by atoms with Crippen LogP contribution in [0.3, 0.4) is 0 Å². The Hall–Kier alpha value is -1.06. The highest BCUT2D eigenvalue weighted by Crippen LogP contribution is 2.16. The van der Waals surface area contributed by atoms with Gasteiger partial charge in [0.15, 0.2) is 0 Å². The monoisotopic (exact) mass is 324 g/mol. The van der Waals surface area contributed by atoms with E-state index in [9.17, 15) is 4.79 Å². The van der Waals surface area contributed by atoms with E-state index in [4.69, 9.17) is 0 Å². The van der Waals surface area contributed by atoms with Gasteiger partial charge in [-0.3, -0.25) is 4.79 Å². The average molecular weight is 325 g/mol. The van der Waals surface area contributed by atoms with Gasteiger partial charge in [-0.05, 0) is 50.3 Å². The van der Waals surface area contributed by atoms with Gasteiger partial charge >= 0.3 is 0 Å². The average Bonchev–Trinajstić information content (AvgIpc) is 2.62. The maximum atomic E-state index is 11.9. The molecule has 0 saturated carbocycles. The van der Waals surface area contributed by atoms with E-state index in [1.54, 1.807) is 0 Å². The number of amides is 1. The number of hydrogen-bond acceptors (Lipinski definition) is 2. The van der Waals surface area contributed by atoms with E-state index < -0.39 is 0 Å². The molecule has 0 aromatic heterocycles. The summed E-state index contributed by atoms with van der Waals surface area (Å²) < 4.78 is 0. The standard InChI is InChI=1S/C18H28N2O.ClH/c1-14-11-15(2)17(16(3)12-14)13-19-8-10-20-9-6-4-5-7-18(20)21;/h11-12,19H,4-10,13H2,1-3H3;1H. The first-order valence-electron chi connectivity index (χ1n) is 8.13. The van der Waals surface area contributed by atoms with Gasteiger partial charge in [-0.1, -0.05) is 24.1 Å². The van der Waals surface area contributed by atoms with Crippen LogP contribution < -0.4 is 5.32 Å². The largest absolute Gasteiger partial charge is 0.341 e. The van der Waals surface area contributed by atoms with Crippen molar-refractivity contribution in [1.29, 1.82) is 0 Å². The Morgan fingerprint density at radius 3 is 2.45 bits per heavy atom. The minimum Gasteiger partial charge on any atom is -0.341 e. The normalized spacial score (nSPS) is 15.4. The minimum atomic E-state index is 0. The molecule has 1 N–H and O–H groups in total. The highest BCUT2D eigenvalue weighted by Gasteiger charge is 2.15. The molecule has 1 aromatic rings. The Kier molecular flexibility index (Phi) is 7.91. The van der Waals surface area contributed by atoms with Crippen molar-refractivity contribution in [3.8, 4) is 0 Å². The number of aryl methyl sites for hydroxylation is 3. The van der Waals surface area contributed by atoms with Gasteiger partial charge in [0.05, 0.1) is 0 Å². The molecule has 2 rings (SSSR count). The number of carbonyl (C=O) groups is 1. The van der Waals surface area contributed by atoms with Gasteiger partial charge < -0.3 is 10.2 Å². The third-order valence-corrected chi connectivity index (χ3v) is 4.37. The molecule has 3 nitrogen and oxygen atoms in total. The number of rotatable bonds is 5. The van der Waals surface area contributed by atoms with E-state index in [1.165, 1.54) is 28.7 Å². The molecule has 1 saturated heterocycles. The van der Waals surface area contributed by atoms with Crippen molar-refractivity contribution in [2.24, 2.45) is 0 Å². The summed E-state index contributed by atoms with van der Waals surface area (Å²) in [5.41, 5.74) is 5.42. The molecule has 1 aliphatic heterocycles. The van der Waals surface area contributed by atoms with Gasteiger partial charge in [0, 0.05) is 32.6 Å². The van der Waals surface area contributed by atoms with Crippen molar-refractivity contribution in [3.63, 3.8) is 0 Å². The zero-order chi connectivity index (χ0) is 15.2. The van der Waals surface area contributed by atoms with Gasteiger partial charge in [0.25, 0.3) is 0 Å². The molecule has 1 aromatic carbocycles. The summed E-state index contributed by atoms with van der Waals surface area (Å²) >= 11 is 0.